The molecule has 1 aromatic carbocycles. The lowest BCUT2D eigenvalue weighted by Gasteiger charge is -2.10. The number of carbonyl (C=O) groups excluding carboxylic acids is 1. The number of benzene rings is 1. The summed E-state index contributed by atoms with van der Waals surface area (Å²) in [6, 6.07) is 10.5. The van der Waals surface area contributed by atoms with Crippen LogP contribution in [-0.2, 0) is 0 Å². The lowest BCUT2D eigenvalue weighted by molar-refractivity contribution is 0.0950. The Hall–Kier alpha value is -2.06. The average molecular weight is 334 g/mol. The molecule has 0 aliphatic heterocycles. The highest BCUT2D eigenvalue weighted by Gasteiger charge is 2.25. The van der Waals surface area contributed by atoms with Crippen LogP contribution in [0.2, 0.25) is 0 Å². The Morgan fingerprint density at radius 2 is 2.15 bits per heavy atom. The number of halogens is 1. The molecule has 1 unspecified atom stereocenters. The Labute approximate surface area is 125 Å². The Bertz CT molecular complexity index is 685. The van der Waals surface area contributed by atoms with Gasteiger partial charge in [0, 0.05) is 0 Å². The molecule has 1 atom stereocenters. The average Bonchev–Trinajstić information content (AvgIpc) is 2.88. The molecule has 2 rings (SSSR count). The summed E-state index contributed by atoms with van der Waals surface area (Å²) in [6.07, 6.45) is 0. The number of aryl methyl sites for hydroxylation is 1. The van der Waals surface area contributed by atoms with Gasteiger partial charge in [-0.25, -0.2) is 0 Å². The monoisotopic (exact) mass is 333 g/mol. The van der Waals surface area contributed by atoms with Crippen molar-refractivity contribution >= 4 is 21.7 Å². The highest BCUT2D eigenvalue weighted by atomic mass is 79.9. The number of nitriles is 1. The topological polar surface area (TPSA) is 63.2 Å². The fourth-order valence-electron chi connectivity index (χ4n) is 1.89. The number of rotatable bonds is 4. The molecule has 4 nitrogen and oxygen atoms in total. The number of hydrogen-bond donors (Lipinski definition) is 0. The molecular weight excluding hydrogens is 322 g/mol. The highest BCUT2D eigenvalue weighted by molar-refractivity contribution is 9.10. The van der Waals surface area contributed by atoms with E-state index in [2.05, 4.69) is 15.9 Å². The molecule has 2 aromatic rings. The van der Waals surface area contributed by atoms with E-state index in [0.717, 1.165) is 5.56 Å². The third-order valence-corrected chi connectivity index (χ3v) is 3.40. The number of Topliss-reactive ketones (excluding diaryl/α,β-unsaturated/α-hetero) is 1. The first kappa shape index (κ1) is 14.4. The maximum Gasteiger partial charge on any atom is 0.219 e. The van der Waals surface area contributed by atoms with E-state index in [9.17, 15) is 10.1 Å². The number of ketones is 1. The molecule has 0 bridgehead atoms. The van der Waals surface area contributed by atoms with Crippen LogP contribution in [0.1, 0.15) is 27.6 Å². The minimum absolute atomic E-state index is 0.156. The predicted molar refractivity (Wildman–Crippen MR) is 76.8 cm³/mol. The first-order valence-corrected chi connectivity index (χ1v) is 6.70. The Balaban J connectivity index is 2.38. The van der Waals surface area contributed by atoms with Crippen molar-refractivity contribution < 1.29 is 13.9 Å². The molecule has 0 aliphatic rings. The van der Waals surface area contributed by atoms with Crippen molar-refractivity contribution in [3.05, 3.63) is 51.9 Å². The van der Waals surface area contributed by atoms with Gasteiger partial charge in [0.15, 0.2) is 10.4 Å². The van der Waals surface area contributed by atoms with Crippen LogP contribution in [0.15, 0.2) is 39.4 Å². The van der Waals surface area contributed by atoms with E-state index in [1.807, 2.05) is 19.1 Å². The molecular formula is C15H12BrNO3. The summed E-state index contributed by atoms with van der Waals surface area (Å²) in [6.45, 7) is 1.90. The van der Waals surface area contributed by atoms with Crippen molar-refractivity contribution in [3.8, 4) is 11.8 Å². The molecule has 1 heterocycles. The lowest BCUT2D eigenvalue weighted by atomic mass is 9.94. The van der Waals surface area contributed by atoms with Crippen molar-refractivity contribution in [2.24, 2.45) is 0 Å². The molecule has 102 valence electrons. The van der Waals surface area contributed by atoms with E-state index < -0.39 is 5.92 Å². The molecule has 0 N–H and O–H groups in total. The van der Waals surface area contributed by atoms with Crippen molar-refractivity contribution in [1.82, 2.24) is 0 Å². The Kier molecular flexibility index (Phi) is 4.26. The fourth-order valence-corrected chi connectivity index (χ4v) is 2.20. The van der Waals surface area contributed by atoms with Gasteiger partial charge in [0.05, 0.1) is 13.2 Å². The summed E-state index contributed by atoms with van der Waals surface area (Å²) in [5.41, 5.74) is 1.54. The first-order chi connectivity index (χ1) is 9.56. The van der Waals surface area contributed by atoms with Crippen LogP contribution in [0.4, 0.5) is 0 Å². The van der Waals surface area contributed by atoms with Gasteiger partial charge in [0.2, 0.25) is 5.78 Å². The molecule has 20 heavy (non-hydrogen) atoms. The van der Waals surface area contributed by atoms with Gasteiger partial charge in [-0.05, 0) is 52.2 Å². The van der Waals surface area contributed by atoms with Crippen molar-refractivity contribution in [2.75, 3.05) is 7.11 Å². The van der Waals surface area contributed by atoms with Gasteiger partial charge in [-0.1, -0.05) is 12.1 Å². The Morgan fingerprint density at radius 3 is 2.70 bits per heavy atom. The third kappa shape index (κ3) is 2.75. The zero-order valence-corrected chi connectivity index (χ0v) is 12.6. The zero-order chi connectivity index (χ0) is 14.7. The molecule has 0 aliphatic carbocycles. The predicted octanol–water partition coefficient (Wildman–Crippen LogP) is 3.85. The number of methoxy groups -OCH3 is 1. The van der Waals surface area contributed by atoms with Gasteiger partial charge in [-0.3, -0.25) is 4.79 Å². The fraction of sp³-hybridized carbons (Fsp3) is 0.200. The van der Waals surface area contributed by atoms with E-state index in [-0.39, 0.29) is 11.5 Å². The van der Waals surface area contributed by atoms with E-state index in [1.165, 1.54) is 0 Å². The molecule has 0 radical (unpaired) electrons. The summed E-state index contributed by atoms with van der Waals surface area (Å²) < 4.78 is 10.9. The first-order valence-electron chi connectivity index (χ1n) is 5.90. The van der Waals surface area contributed by atoms with Crippen molar-refractivity contribution in [2.45, 2.75) is 12.8 Å². The summed E-state index contributed by atoms with van der Waals surface area (Å²) >= 11 is 3.14. The minimum Gasteiger partial charge on any atom is -0.496 e. The molecule has 0 fully saturated rings. The number of hydrogen-bond acceptors (Lipinski definition) is 4. The van der Waals surface area contributed by atoms with Crippen LogP contribution < -0.4 is 4.74 Å². The van der Waals surface area contributed by atoms with Gasteiger partial charge in [0.25, 0.3) is 0 Å². The Morgan fingerprint density at radius 1 is 1.40 bits per heavy atom. The van der Waals surface area contributed by atoms with Crippen LogP contribution in [-0.4, -0.2) is 12.9 Å². The second-order valence-corrected chi connectivity index (χ2v) is 5.04. The smallest absolute Gasteiger partial charge is 0.219 e. The molecule has 0 saturated heterocycles. The number of nitrogens with zero attached hydrogens (tertiary/aromatic N) is 1. The number of ether oxygens (including phenoxy) is 1. The highest BCUT2D eigenvalue weighted by Crippen LogP contribution is 2.27. The van der Waals surface area contributed by atoms with Crippen molar-refractivity contribution in [3.63, 3.8) is 0 Å². The maximum atomic E-state index is 12.3. The zero-order valence-electron chi connectivity index (χ0n) is 11.0. The molecule has 1 aromatic heterocycles. The maximum absolute atomic E-state index is 12.3. The number of carbonyl (C=O) groups is 1. The summed E-state index contributed by atoms with van der Waals surface area (Å²) in [5, 5.41) is 9.29. The van der Waals surface area contributed by atoms with Crippen molar-refractivity contribution in [1.29, 1.82) is 5.26 Å². The van der Waals surface area contributed by atoms with E-state index in [1.54, 1.807) is 31.4 Å². The van der Waals surface area contributed by atoms with Gasteiger partial charge < -0.3 is 9.15 Å². The van der Waals surface area contributed by atoms with E-state index in [4.69, 9.17) is 9.15 Å². The second kappa shape index (κ2) is 5.93. The minimum atomic E-state index is -0.914. The quantitative estimate of drug-likeness (QED) is 0.797. The van der Waals surface area contributed by atoms with Crippen LogP contribution in [0.3, 0.4) is 0 Å². The van der Waals surface area contributed by atoms with E-state index in [0.29, 0.717) is 16.0 Å². The van der Waals surface area contributed by atoms with Crippen LogP contribution >= 0.6 is 15.9 Å². The second-order valence-electron chi connectivity index (χ2n) is 4.26. The summed E-state index contributed by atoms with van der Waals surface area (Å²) in [4.78, 5) is 12.3. The van der Waals surface area contributed by atoms with E-state index >= 15 is 0 Å². The summed E-state index contributed by atoms with van der Waals surface area (Å²) in [5.74, 6) is -0.481. The molecule has 5 heteroatoms. The van der Waals surface area contributed by atoms with Gasteiger partial charge in [0.1, 0.15) is 11.7 Å². The third-order valence-electron chi connectivity index (χ3n) is 2.97. The SMILES string of the molecule is COc1cc(C(C#N)C(=O)c2ccc(Br)o2)ccc1C. The molecule has 0 amide bonds. The normalized spacial score (nSPS) is 11.7. The van der Waals surface area contributed by atoms with Gasteiger partial charge in [-0.15, -0.1) is 0 Å². The molecule has 0 saturated carbocycles. The van der Waals surface area contributed by atoms with Crippen LogP contribution in [0.25, 0.3) is 0 Å². The van der Waals surface area contributed by atoms with Crippen LogP contribution in [0.5, 0.6) is 5.75 Å². The summed E-state index contributed by atoms with van der Waals surface area (Å²) in [7, 11) is 1.55. The van der Waals surface area contributed by atoms with Gasteiger partial charge in [-0.2, -0.15) is 5.26 Å². The lowest BCUT2D eigenvalue weighted by Crippen LogP contribution is -2.10. The van der Waals surface area contributed by atoms with Gasteiger partial charge >= 0.3 is 0 Å². The molecule has 0 spiro atoms. The number of furan rings is 1. The largest absolute Gasteiger partial charge is 0.496 e. The standard InChI is InChI=1S/C15H12BrNO3/c1-9-3-4-10(7-13(9)19-2)11(8-17)15(18)12-5-6-14(16)20-12/h3-7,11H,1-2H3. The van der Waals surface area contributed by atoms with Crippen LogP contribution in [0, 0.1) is 18.3 Å².